The van der Waals surface area contributed by atoms with Crippen molar-refractivity contribution in [1.29, 1.82) is 0 Å². The van der Waals surface area contributed by atoms with Gasteiger partial charge in [0, 0.05) is 44.3 Å². The molecule has 2 aliphatic heterocycles. The number of morpholine rings is 2. The van der Waals surface area contributed by atoms with Gasteiger partial charge in [0.05, 0.1) is 26.4 Å². The zero-order valence-corrected chi connectivity index (χ0v) is 24.1. The highest BCUT2D eigenvalue weighted by molar-refractivity contribution is 6.30. The number of hydrogen-bond donors (Lipinski definition) is 0. The Morgan fingerprint density at radius 1 is 0.625 bits per heavy atom. The largest absolute Gasteiger partial charge is 0.492 e. The number of benzene rings is 3. The molecule has 2 saturated heterocycles. The smallest absolute Gasteiger partial charge is 0.119 e. The SMILES string of the molecule is CC(=C(c1ccc(OCCN2CCOCC2)cc1)c1ccc(OCCN2CCOCC2)cc1)c1ccc(Cl)cc1. The summed E-state index contributed by atoms with van der Waals surface area (Å²) in [5.74, 6) is 1.76. The molecule has 0 radical (unpaired) electrons. The summed E-state index contributed by atoms with van der Waals surface area (Å²) >= 11 is 6.18. The molecule has 2 fully saturated rings. The third-order valence-electron chi connectivity index (χ3n) is 7.50. The number of hydrogen-bond acceptors (Lipinski definition) is 6. The Kier molecular flexibility index (Phi) is 10.5. The molecule has 3 aromatic carbocycles. The zero-order chi connectivity index (χ0) is 27.6. The summed E-state index contributed by atoms with van der Waals surface area (Å²) < 4.78 is 23.0. The number of rotatable bonds is 11. The zero-order valence-electron chi connectivity index (χ0n) is 23.3. The Hall–Kier alpha value is -2.87. The van der Waals surface area contributed by atoms with Crippen LogP contribution in [0.3, 0.4) is 0 Å². The predicted octanol–water partition coefficient (Wildman–Crippen LogP) is 5.74. The van der Waals surface area contributed by atoms with E-state index >= 15 is 0 Å². The molecule has 0 amide bonds. The Labute approximate surface area is 243 Å². The quantitative estimate of drug-likeness (QED) is 0.278. The van der Waals surface area contributed by atoms with Crippen LogP contribution in [0.15, 0.2) is 72.8 Å². The first-order valence-electron chi connectivity index (χ1n) is 14.2. The molecule has 5 rings (SSSR count). The summed E-state index contributed by atoms with van der Waals surface area (Å²) in [6.45, 7) is 12.4. The van der Waals surface area contributed by atoms with Crippen LogP contribution in [0, 0.1) is 0 Å². The minimum Gasteiger partial charge on any atom is -0.492 e. The van der Waals surface area contributed by atoms with E-state index in [0.717, 1.165) is 98.9 Å². The number of nitrogens with zero attached hydrogens (tertiary/aromatic N) is 2. The van der Waals surface area contributed by atoms with Crippen LogP contribution < -0.4 is 9.47 Å². The fourth-order valence-corrected chi connectivity index (χ4v) is 5.24. The lowest BCUT2D eigenvalue weighted by atomic mass is 9.90. The fourth-order valence-electron chi connectivity index (χ4n) is 5.11. The van der Waals surface area contributed by atoms with Crippen molar-refractivity contribution < 1.29 is 18.9 Å². The van der Waals surface area contributed by atoms with E-state index in [1.807, 2.05) is 12.1 Å². The Morgan fingerprint density at radius 2 is 1.02 bits per heavy atom. The molecule has 0 aromatic heterocycles. The van der Waals surface area contributed by atoms with Gasteiger partial charge in [-0.2, -0.15) is 0 Å². The van der Waals surface area contributed by atoms with Gasteiger partial charge < -0.3 is 18.9 Å². The lowest BCUT2D eigenvalue weighted by molar-refractivity contribution is 0.0321. The normalized spacial score (nSPS) is 16.4. The molecule has 0 bridgehead atoms. The highest BCUT2D eigenvalue weighted by Crippen LogP contribution is 2.34. The van der Waals surface area contributed by atoms with E-state index in [1.165, 1.54) is 11.1 Å². The van der Waals surface area contributed by atoms with Crippen LogP contribution in [0.2, 0.25) is 5.02 Å². The van der Waals surface area contributed by atoms with E-state index in [1.54, 1.807) is 0 Å². The number of ether oxygens (including phenoxy) is 4. The minimum atomic E-state index is 0.666. The van der Waals surface area contributed by atoms with Gasteiger partial charge in [0.15, 0.2) is 0 Å². The van der Waals surface area contributed by atoms with E-state index in [9.17, 15) is 0 Å². The Morgan fingerprint density at radius 3 is 1.45 bits per heavy atom. The van der Waals surface area contributed by atoms with Crippen LogP contribution in [-0.2, 0) is 9.47 Å². The number of halogens is 1. The van der Waals surface area contributed by atoms with Crippen molar-refractivity contribution in [3.63, 3.8) is 0 Å². The molecule has 0 atom stereocenters. The molecule has 2 heterocycles. The van der Waals surface area contributed by atoms with Crippen molar-refractivity contribution in [1.82, 2.24) is 9.80 Å². The first kappa shape index (κ1) is 28.7. The van der Waals surface area contributed by atoms with Crippen molar-refractivity contribution in [2.24, 2.45) is 0 Å². The maximum atomic E-state index is 6.18. The second-order valence-corrected chi connectivity index (χ2v) is 10.6. The molecule has 0 saturated carbocycles. The average molecular weight is 563 g/mol. The molecule has 40 heavy (non-hydrogen) atoms. The molecule has 0 spiro atoms. The van der Waals surface area contributed by atoms with Crippen LogP contribution in [0.1, 0.15) is 23.6 Å². The van der Waals surface area contributed by atoms with Crippen molar-refractivity contribution in [3.8, 4) is 11.5 Å². The number of allylic oxidation sites excluding steroid dienone is 1. The third-order valence-corrected chi connectivity index (χ3v) is 7.75. The molecule has 6 nitrogen and oxygen atoms in total. The summed E-state index contributed by atoms with van der Waals surface area (Å²) in [5, 5.41) is 0.732. The standard InChI is InChI=1S/C33H39ClN2O4/c1-26(27-2-8-30(34)9-3-27)33(28-4-10-31(11-5-28)39-24-18-35-14-20-37-21-15-35)29-6-12-32(13-7-29)40-25-19-36-16-22-38-23-17-36/h2-13H,14-25H2,1H3. The summed E-state index contributed by atoms with van der Waals surface area (Å²) in [6, 6.07) is 24.9. The fraction of sp³-hybridized carbons (Fsp3) is 0.394. The van der Waals surface area contributed by atoms with Crippen molar-refractivity contribution in [2.75, 3.05) is 78.9 Å². The van der Waals surface area contributed by atoms with E-state index in [2.05, 4.69) is 77.4 Å². The maximum Gasteiger partial charge on any atom is 0.119 e. The van der Waals surface area contributed by atoms with Crippen molar-refractivity contribution >= 4 is 22.7 Å². The molecule has 0 N–H and O–H groups in total. The van der Waals surface area contributed by atoms with Gasteiger partial charge in [-0.1, -0.05) is 48.0 Å². The topological polar surface area (TPSA) is 43.4 Å². The lowest BCUT2D eigenvalue weighted by Crippen LogP contribution is -2.38. The van der Waals surface area contributed by atoms with Gasteiger partial charge >= 0.3 is 0 Å². The van der Waals surface area contributed by atoms with Gasteiger partial charge in [0.25, 0.3) is 0 Å². The molecule has 212 valence electrons. The van der Waals surface area contributed by atoms with E-state index in [4.69, 9.17) is 30.5 Å². The molecular weight excluding hydrogens is 524 g/mol. The van der Waals surface area contributed by atoms with E-state index < -0.39 is 0 Å². The lowest BCUT2D eigenvalue weighted by Gasteiger charge is -2.26. The van der Waals surface area contributed by atoms with Gasteiger partial charge in [-0.3, -0.25) is 9.80 Å². The van der Waals surface area contributed by atoms with Crippen LogP contribution in [-0.4, -0.2) is 88.7 Å². The Bertz CT molecular complexity index is 1150. The van der Waals surface area contributed by atoms with Crippen LogP contribution in [0.25, 0.3) is 11.1 Å². The van der Waals surface area contributed by atoms with Gasteiger partial charge in [-0.25, -0.2) is 0 Å². The van der Waals surface area contributed by atoms with Crippen LogP contribution in [0.4, 0.5) is 0 Å². The van der Waals surface area contributed by atoms with Crippen LogP contribution in [0.5, 0.6) is 11.5 Å². The second kappa shape index (κ2) is 14.7. The Balaban J connectivity index is 1.29. The van der Waals surface area contributed by atoms with E-state index in [-0.39, 0.29) is 0 Å². The highest BCUT2D eigenvalue weighted by Gasteiger charge is 2.14. The second-order valence-electron chi connectivity index (χ2n) is 10.2. The van der Waals surface area contributed by atoms with E-state index in [0.29, 0.717) is 13.2 Å². The molecular formula is C33H39ClN2O4. The summed E-state index contributed by atoms with van der Waals surface area (Å²) in [7, 11) is 0. The van der Waals surface area contributed by atoms with Crippen LogP contribution >= 0.6 is 11.6 Å². The summed E-state index contributed by atoms with van der Waals surface area (Å²) in [4.78, 5) is 4.76. The third kappa shape index (κ3) is 8.09. The predicted molar refractivity (Wildman–Crippen MR) is 161 cm³/mol. The van der Waals surface area contributed by atoms with Crippen molar-refractivity contribution in [2.45, 2.75) is 6.92 Å². The molecule has 2 aliphatic rings. The van der Waals surface area contributed by atoms with Gasteiger partial charge in [0.1, 0.15) is 24.7 Å². The average Bonchev–Trinajstić information content (AvgIpc) is 3.00. The first-order chi connectivity index (χ1) is 19.7. The highest BCUT2D eigenvalue weighted by atomic mass is 35.5. The first-order valence-corrected chi connectivity index (χ1v) is 14.6. The molecule has 0 aliphatic carbocycles. The molecule has 7 heteroatoms. The molecule has 0 unspecified atom stereocenters. The minimum absolute atomic E-state index is 0.666. The van der Waals surface area contributed by atoms with Gasteiger partial charge in [-0.05, 0) is 71.2 Å². The summed E-state index contributed by atoms with van der Waals surface area (Å²) in [6.07, 6.45) is 0. The maximum absolute atomic E-state index is 6.18. The van der Waals surface area contributed by atoms with Crippen molar-refractivity contribution in [3.05, 3.63) is 94.5 Å². The van der Waals surface area contributed by atoms with Gasteiger partial charge in [0.2, 0.25) is 0 Å². The monoisotopic (exact) mass is 562 g/mol. The summed E-state index contributed by atoms with van der Waals surface area (Å²) in [5.41, 5.74) is 5.75. The molecule has 3 aromatic rings. The van der Waals surface area contributed by atoms with Gasteiger partial charge in [-0.15, -0.1) is 0 Å².